The van der Waals surface area contributed by atoms with E-state index in [0.717, 1.165) is 24.2 Å². The van der Waals surface area contributed by atoms with Crippen molar-refractivity contribution in [2.75, 3.05) is 6.61 Å². The lowest BCUT2D eigenvalue weighted by Gasteiger charge is -2.07. The second kappa shape index (κ2) is 5.49. The summed E-state index contributed by atoms with van der Waals surface area (Å²) in [6.07, 6.45) is 3.44. The third-order valence-corrected chi connectivity index (χ3v) is 3.77. The van der Waals surface area contributed by atoms with E-state index in [-0.39, 0.29) is 5.78 Å². The molecule has 0 heterocycles. The average Bonchev–Trinajstić information content (AvgIpc) is 2.94. The number of ketones is 1. The monoisotopic (exact) mass is 266 g/mol. The summed E-state index contributed by atoms with van der Waals surface area (Å²) in [5, 5.41) is 0. The molecule has 3 rings (SSSR count). The number of carbonyl (C=O) groups excluding carboxylic acids is 1. The van der Waals surface area contributed by atoms with E-state index in [1.54, 1.807) is 0 Å². The molecule has 20 heavy (non-hydrogen) atoms. The highest BCUT2D eigenvalue weighted by Crippen LogP contribution is 2.24. The molecule has 2 nitrogen and oxygen atoms in total. The number of hydrogen-bond donors (Lipinski definition) is 0. The second-order valence-electron chi connectivity index (χ2n) is 5.13. The van der Waals surface area contributed by atoms with Crippen LogP contribution in [0.15, 0.2) is 42.5 Å². The second-order valence-corrected chi connectivity index (χ2v) is 5.13. The molecule has 1 aliphatic rings. The van der Waals surface area contributed by atoms with Crippen LogP contribution in [0.3, 0.4) is 0 Å². The molecule has 0 saturated heterocycles. The van der Waals surface area contributed by atoms with Gasteiger partial charge in [0.1, 0.15) is 5.75 Å². The first-order chi connectivity index (χ1) is 9.78. The Morgan fingerprint density at radius 2 is 1.85 bits per heavy atom. The maximum Gasteiger partial charge on any atom is 0.193 e. The Hall–Kier alpha value is -2.09. The summed E-state index contributed by atoms with van der Waals surface area (Å²) in [4.78, 5) is 12.5. The maximum atomic E-state index is 12.5. The zero-order valence-corrected chi connectivity index (χ0v) is 11.7. The Labute approximate surface area is 119 Å². The van der Waals surface area contributed by atoms with E-state index in [2.05, 4.69) is 12.1 Å². The van der Waals surface area contributed by atoms with Crippen molar-refractivity contribution in [1.82, 2.24) is 0 Å². The van der Waals surface area contributed by atoms with Gasteiger partial charge in [-0.15, -0.1) is 0 Å². The summed E-state index contributed by atoms with van der Waals surface area (Å²) in [5.74, 6) is 0.820. The first-order valence-corrected chi connectivity index (χ1v) is 7.17. The molecule has 0 aromatic heterocycles. The van der Waals surface area contributed by atoms with Gasteiger partial charge in [-0.2, -0.15) is 0 Å². The van der Waals surface area contributed by atoms with E-state index in [1.165, 1.54) is 17.5 Å². The highest BCUT2D eigenvalue weighted by Gasteiger charge is 2.15. The molecule has 0 N–H and O–H groups in total. The van der Waals surface area contributed by atoms with E-state index in [9.17, 15) is 4.79 Å². The highest BCUT2D eigenvalue weighted by atomic mass is 16.5. The molecule has 0 radical (unpaired) electrons. The lowest BCUT2D eigenvalue weighted by molar-refractivity contribution is 0.103. The van der Waals surface area contributed by atoms with Gasteiger partial charge >= 0.3 is 0 Å². The summed E-state index contributed by atoms with van der Waals surface area (Å²) < 4.78 is 5.45. The van der Waals surface area contributed by atoms with Crippen LogP contribution in [0.25, 0.3) is 0 Å². The fourth-order valence-corrected chi connectivity index (χ4v) is 2.77. The van der Waals surface area contributed by atoms with Crippen LogP contribution in [0.2, 0.25) is 0 Å². The van der Waals surface area contributed by atoms with Crippen LogP contribution in [-0.4, -0.2) is 12.4 Å². The van der Waals surface area contributed by atoms with Crippen molar-refractivity contribution < 1.29 is 9.53 Å². The molecular formula is C18H18O2. The number of aryl methyl sites for hydroxylation is 2. The summed E-state index contributed by atoms with van der Waals surface area (Å²) in [6, 6.07) is 13.5. The van der Waals surface area contributed by atoms with Crippen molar-refractivity contribution in [3.8, 4) is 5.75 Å². The summed E-state index contributed by atoms with van der Waals surface area (Å²) in [5.41, 5.74) is 4.19. The standard InChI is InChI=1S/C18H18O2/c1-2-20-17-8-4-7-15(12-17)18(19)16-10-9-13-5-3-6-14(13)11-16/h4,7-12H,2-3,5-6H2,1H3. The predicted molar refractivity (Wildman–Crippen MR) is 79.5 cm³/mol. The Morgan fingerprint density at radius 3 is 2.70 bits per heavy atom. The van der Waals surface area contributed by atoms with Gasteiger partial charge in [-0.1, -0.05) is 24.3 Å². The van der Waals surface area contributed by atoms with E-state index < -0.39 is 0 Å². The Kier molecular flexibility index (Phi) is 3.55. The van der Waals surface area contributed by atoms with Gasteiger partial charge in [0.15, 0.2) is 5.78 Å². The lowest BCUT2D eigenvalue weighted by atomic mass is 9.99. The molecule has 0 atom stereocenters. The zero-order valence-electron chi connectivity index (χ0n) is 11.7. The molecule has 2 aromatic carbocycles. The summed E-state index contributed by atoms with van der Waals surface area (Å²) in [7, 11) is 0. The van der Waals surface area contributed by atoms with Crippen LogP contribution < -0.4 is 4.74 Å². The fraction of sp³-hybridized carbons (Fsp3) is 0.278. The van der Waals surface area contributed by atoms with Crippen molar-refractivity contribution in [3.63, 3.8) is 0 Å². The van der Waals surface area contributed by atoms with Gasteiger partial charge in [0.05, 0.1) is 6.61 Å². The SMILES string of the molecule is CCOc1cccc(C(=O)c2ccc3c(c2)CCC3)c1. The molecule has 0 spiro atoms. The molecule has 1 aliphatic carbocycles. The largest absolute Gasteiger partial charge is 0.494 e. The fourth-order valence-electron chi connectivity index (χ4n) is 2.77. The third-order valence-electron chi connectivity index (χ3n) is 3.77. The first-order valence-electron chi connectivity index (χ1n) is 7.17. The zero-order chi connectivity index (χ0) is 13.9. The third kappa shape index (κ3) is 2.46. The molecular weight excluding hydrogens is 248 g/mol. The molecule has 0 fully saturated rings. The van der Waals surface area contributed by atoms with Gasteiger partial charge in [0, 0.05) is 11.1 Å². The van der Waals surface area contributed by atoms with Crippen molar-refractivity contribution in [1.29, 1.82) is 0 Å². The Morgan fingerprint density at radius 1 is 1.05 bits per heavy atom. The van der Waals surface area contributed by atoms with Crippen molar-refractivity contribution >= 4 is 5.78 Å². The quantitative estimate of drug-likeness (QED) is 0.787. The van der Waals surface area contributed by atoms with Crippen molar-refractivity contribution in [2.45, 2.75) is 26.2 Å². The van der Waals surface area contributed by atoms with E-state index >= 15 is 0 Å². The number of rotatable bonds is 4. The molecule has 0 bridgehead atoms. The van der Waals surface area contributed by atoms with Gasteiger partial charge < -0.3 is 4.74 Å². The van der Waals surface area contributed by atoms with E-state index in [0.29, 0.717) is 12.2 Å². The Balaban J connectivity index is 1.90. The van der Waals surface area contributed by atoms with E-state index in [4.69, 9.17) is 4.74 Å². The predicted octanol–water partition coefficient (Wildman–Crippen LogP) is 3.81. The summed E-state index contributed by atoms with van der Waals surface area (Å²) in [6.45, 7) is 2.55. The number of benzene rings is 2. The van der Waals surface area contributed by atoms with E-state index in [1.807, 2.05) is 37.3 Å². The van der Waals surface area contributed by atoms with Crippen LogP contribution in [0.1, 0.15) is 40.4 Å². The van der Waals surface area contributed by atoms with Gasteiger partial charge in [-0.3, -0.25) is 4.79 Å². The number of fused-ring (bicyclic) bond motifs is 1. The summed E-state index contributed by atoms with van der Waals surface area (Å²) >= 11 is 0. The smallest absolute Gasteiger partial charge is 0.193 e. The molecule has 2 aromatic rings. The van der Waals surface area contributed by atoms with Gasteiger partial charge in [0.25, 0.3) is 0 Å². The minimum Gasteiger partial charge on any atom is -0.494 e. The van der Waals surface area contributed by atoms with Crippen LogP contribution >= 0.6 is 0 Å². The van der Waals surface area contributed by atoms with Crippen LogP contribution in [0, 0.1) is 0 Å². The minimum atomic E-state index is 0.0706. The maximum absolute atomic E-state index is 12.5. The van der Waals surface area contributed by atoms with Gasteiger partial charge in [0.2, 0.25) is 0 Å². The number of carbonyl (C=O) groups is 1. The van der Waals surface area contributed by atoms with Gasteiger partial charge in [-0.05, 0) is 55.5 Å². The van der Waals surface area contributed by atoms with Crippen LogP contribution in [0.4, 0.5) is 0 Å². The molecule has 0 unspecified atom stereocenters. The van der Waals surface area contributed by atoms with Crippen LogP contribution in [-0.2, 0) is 12.8 Å². The molecule has 102 valence electrons. The molecule has 0 amide bonds. The molecule has 0 saturated carbocycles. The number of ether oxygens (including phenoxy) is 1. The minimum absolute atomic E-state index is 0.0706. The van der Waals surface area contributed by atoms with Crippen molar-refractivity contribution in [2.24, 2.45) is 0 Å². The normalized spacial score (nSPS) is 13.1. The highest BCUT2D eigenvalue weighted by molar-refractivity contribution is 6.09. The van der Waals surface area contributed by atoms with Crippen molar-refractivity contribution in [3.05, 3.63) is 64.7 Å². The molecule has 2 heteroatoms. The first kappa shape index (κ1) is 12.9. The average molecular weight is 266 g/mol. The van der Waals surface area contributed by atoms with Crippen LogP contribution in [0.5, 0.6) is 5.75 Å². The lowest BCUT2D eigenvalue weighted by Crippen LogP contribution is -2.03. The number of hydrogen-bond acceptors (Lipinski definition) is 2. The Bertz CT molecular complexity index is 644. The van der Waals surface area contributed by atoms with Gasteiger partial charge in [-0.25, -0.2) is 0 Å². The molecule has 0 aliphatic heterocycles. The topological polar surface area (TPSA) is 26.3 Å².